The van der Waals surface area contributed by atoms with Crippen LogP contribution in [-0.2, 0) is 11.3 Å². The highest BCUT2D eigenvalue weighted by atomic mass is 32.2. The molecule has 1 rings (SSSR count). The van der Waals surface area contributed by atoms with E-state index < -0.39 is 0 Å². The minimum Gasteiger partial charge on any atom is -0.338 e. The first-order chi connectivity index (χ1) is 7.24. The maximum Gasteiger partial charge on any atom is 0.232 e. The fourth-order valence-corrected chi connectivity index (χ4v) is 1.50. The normalized spacial score (nSPS) is 9.60. The number of H-pyrrole nitrogens is 1. The Bertz CT molecular complexity index is 344. The zero-order valence-corrected chi connectivity index (χ0v) is 9.12. The van der Waals surface area contributed by atoms with Gasteiger partial charge in [-0.3, -0.25) is 9.89 Å². The van der Waals surface area contributed by atoms with Crippen molar-refractivity contribution >= 4 is 17.7 Å². The lowest BCUT2D eigenvalue weighted by atomic mass is 10.5. The Morgan fingerprint density at radius 3 is 3.20 bits per heavy atom. The van der Waals surface area contributed by atoms with Gasteiger partial charge in [0.05, 0.1) is 24.1 Å². The van der Waals surface area contributed by atoms with Gasteiger partial charge in [0.1, 0.15) is 12.2 Å². The highest BCUT2D eigenvalue weighted by Crippen LogP contribution is 2.02. The van der Waals surface area contributed by atoms with Crippen molar-refractivity contribution in [2.24, 2.45) is 0 Å². The average molecular weight is 225 g/mol. The van der Waals surface area contributed by atoms with Crippen molar-refractivity contribution in [2.45, 2.75) is 6.54 Å². The number of amides is 1. The Kier molecular flexibility index (Phi) is 4.63. The molecule has 0 spiro atoms. The molecule has 1 aromatic rings. The number of thioether (sulfide) groups is 1. The third-order valence-corrected chi connectivity index (χ3v) is 2.45. The first-order valence-electron chi connectivity index (χ1n) is 4.27. The fourth-order valence-electron chi connectivity index (χ4n) is 0.914. The van der Waals surface area contributed by atoms with Gasteiger partial charge in [0, 0.05) is 7.05 Å². The summed E-state index contributed by atoms with van der Waals surface area (Å²) in [5.74, 6) is 1.28. The minimum absolute atomic E-state index is 0.0216. The van der Waals surface area contributed by atoms with Crippen LogP contribution in [0.25, 0.3) is 0 Å². The summed E-state index contributed by atoms with van der Waals surface area (Å²) in [5, 5.41) is 14.7. The number of carbonyl (C=O) groups excluding carboxylic acids is 1. The summed E-state index contributed by atoms with van der Waals surface area (Å²) in [6, 6.07) is 1.97. The first kappa shape index (κ1) is 11.5. The summed E-state index contributed by atoms with van der Waals surface area (Å²) >= 11 is 1.30. The Morgan fingerprint density at radius 2 is 2.60 bits per heavy atom. The molecular weight excluding hydrogens is 214 g/mol. The second-order valence-corrected chi connectivity index (χ2v) is 3.82. The molecule has 6 nitrogen and oxygen atoms in total. The van der Waals surface area contributed by atoms with Crippen molar-refractivity contribution in [3.63, 3.8) is 0 Å². The molecule has 0 radical (unpaired) electrons. The van der Waals surface area contributed by atoms with Gasteiger partial charge < -0.3 is 4.90 Å². The van der Waals surface area contributed by atoms with Gasteiger partial charge in [0.25, 0.3) is 0 Å². The van der Waals surface area contributed by atoms with Gasteiger partial charge in [-0.2, -0.15) is 10.4 Å². The van der Waals surface area contributed by atoms with E-state index in [0.717, 1.165) is 0 Å². The number of nitrogens with one attached hydrogen (secondary N) is 1. The molecule has 0 aliphatic heterocycles. The molecule has 0 unspecified atom stereocenters. The molecule has 0 bridgehead atoms. The number of hydrogen-bond donors (Lipinski definition) is 1. The van der Waals surface area contributed by atoms with Crippen LogP contribution in [0.2, 0.25) is 0 Å². The summed E-state index contributed by atoms with van der Waals surface area (Å²) in [4.78, 5) is 16.9. The van der Waals surface area contributed by atoms with Crippen LogP contribution in [0, 0.1) is 11.3 Å². The third kappa shape index (κ3) is 3.99. The van der Waals surface area contributed by atoms with Gasteiger partial charge >= 0.3 is 0 Å². The van der Waals surface area contributed by atoms with E-state index in [1.807, 2.05) is 6.07 Å². The topological polar surface area (TPSA) is 85.7 Å². The molecule has 0 aromatic carbocycles. The van der Waals surface area contributed by atoms with E-state index in [4.69, 9.17) is 5.26 Å². The van der Waals surface area contributed by atoms with Crippen molar-refractivity contribution in [2.75, 3.05) is 18.6 Å². The van der Waals surface area contributed by atoms with E-state index in [1.54, 1.807) is 11.9 Å². The molecule has 80 valence electrons. The van der Waals surface area contributed by atoms with Gasteiger partial charge in [-0.1, -0.05) is 0 Å². The molecule has 1 heterocycles. The zero-order valence-electron chi connectivity index (χ0n) is 8.30. The number of aromatic amines is 1. The molecule has 0 atom stereocenters. The van der Waals surface area contributed by atoms with Crippen LogP contribution in [0.5, 0.6) is 0 Å². The number of carbonyl (C=O) groups is 1. The van der Waals surface area contributed by atoms with Gasteiger partial charge in [-0.25, -0.2) is 4.98 Å². The molecule has 1 amide bonds. The largest absolute Gasteiger partial charge is 0.338 e. The van der Waals surface area contributed by atoms with E-state index >= 15 is 0 Å². The van der Waals surface area contributed by atoms with Gasteiger partial charge in [0.2, 0.25) is 5.91 Å². The molecule has 0 saturated carbocycles. The molecular formula is C8H11N5OS. The van der Waals surface area contributed by atoms with Crippen molar-refractivity contribution in [3.8, 4) is 6.07 Å². The van der Waals surface area contributed by atoms with Crippen molar-refractivity contribution in [3.05, 3.63) is 12.2 Å². The lowest BCUT2D eigenvalue weighted by Gasteiger charge is -2.14. The predicted octanol–water partition coefficient (Wildman–Crippen LogP) is 0.0199. The number of nitrogens with zero attached hydrogens (tertiary/aromatic N) is 4. The zero-order chi connectivity index (χ0) is 11.1. The van der Waals surface area contributed by atoms with Crippen molar-refractivity contribution < 1.29 is 4.79 Å². The van der Waals surface area contributed by atoms with Crippen LogP contribution >= 0.6 is 11.8 Å². The number of aromatic nitrogens is 3. The van der Waals surface area contributed by atoms with Crippen LogP contribution < -0.4 is 0 Å². The third-order valence-electron chi connectivity index (χ3n) is 1.67. The van der Waals surface area contributed by atoms with Gasteiger partial charge in [-0.15, -0.1) is 11.8 Å². The number of rotatable bonds is 5. The molecule has 1 N–H and O–H groups in total. The monoisotopic (exact) mass is 225 g/mol. The van der Waals surface area contributed by atoms with E-state index in [1.165, 1.54) is 18.1 Å². The highest BCUT2D eigenvalue weighted by molar-refractivity contribution is 8.00. The summed E-state index contributed by atoms with van der Waals surface area (Å²) in [5.41, 5.74) is 0. The number of nitriles is 1. The summed E-state index contributed by atoms with van der Waals surface area (Å²) < 4.78 is 0. The molecule has 7 heteroatoms. The quantitative estimate of drug-likeness (QED) is 0.714. The van der Waals surface area contributed by atoms with Crippen LogP contribution in [0.1, 0.15) is 5.82 Å². The Hall–Kier alpha value is -1.55. The van der Waals surface area contributed by atoms with Crippen molar-refractivity contribution in [1.29, 1.82) is 5.26 Å². The summed E-state index contributed by atoms with van der Waals surface area (Å²) in [6.45, 7) is 0.409. The minimum atomic E-state index is -0.0216. The lowest BCUT2D eigenvalue weighted by molar-refractivity contribution is -0.127. The standard InChI is InChI=1S/C8H11N5OS/c1-13(4-7-10-6-11-12-7)8(14)5-15-3-2-9/h6H,3-5H2,1H3,(H,10,11,12). The SMILES string of the molecule is CN(Cc1ncn[nH]1)C(=O)CSCC#N. The molecule has 15 heavy (non-hydrogen) atoms. The predicted molar refractivity (Wildman–Crippen MR) is 55.8 cm³/mol. The second-order valence-electron chi connectivity index (χ2n) is 2.83. The van der Waals surface area contributed by atoms with Crippen LogP contribution in [0.4, 0.5) is 0 Å². The maximum atomic E-state index is 11.5. The second kappa shape index (κ2) is 6.03. The molecule has 0 aliphatic carbocycles. The number of hydrogen-bond acceptors (Lipinski definition) is 5. The first-order valence-corrected chi connectivity index (χ1v) is 5.42. The Balaban J connectivity index is 2.31. The van der Waals surface area contributed by atoms with E-state index in [0.29, 0.717) is 23.9 Å². The lowest BCUT2D eigenvalue weighted by Crippen LogP contribution is -2.28. The van der Waals surface area contributed by atoms with E-state index in [-0.39, 0.29) is 5.91 Å². The molecule has 0 aliphatic rings. The molecule has 1 aromatic heterocycles. The fraction of sp³-hybridized carbons (Fsp3) is 0.500. The van der Waals surface area contributed by atoms with E-state index in [9.17, 15) is 4.79 Å². The van der Waals surface area contributed by atoms with Gasteiger partial charge in [0.15, 0.2) is 0 Å². The van der Waals surface area contributed by atoms with Gasteiger partial charge in [-0.05, 0) is 0 Å². The van der Waals surface area contributed by atoms with Crippen LogP contribution in [-0.4, -0.2) is 44.5 Å². The molecule has 0 saturated heterocycles. The smallest absolute Gasteiger partial charge is 0.232 e. The van der Waals surface area contributed by atoms with E-state index in [2.05, 4.69) is 15.2 Å². The Labute approximate surface area is 91.7 Å². The summed E-state index contributed by atoms with van der Waals surface area (Å²) in [6.07, 6.45) is 1.40. The van der Waals surface area contributed by atoms with Crippen LogP contribution in [0.15, 0.2) is 6.33 Å². The van der Waals surface area contributed by atoms with Crippen LogP contribution in [0.3, 0.4) is 0 Å². The Morgan fingerprint density at radius 1 is 1.80 bits per heavy atom. The maximum absolute atomic E-state index is 11.5. The molecule has 0 fully saturated rings. The van der Waals surface area contributed by atoms with Crippen molar-refractivity contribution in [1.82, 2.24) is 20.1 Å². The highest BCUT2D eigenvalue weighted by Gasteiger charge is 2.10. The summed E-state index contributed by atoms with van der Waals surface area (Å²) in [7, 11) is 1.69. The average Bonchev–Trinajstić information content (AvgIpc) is 2.70.